The van der Waals surface area contributed by atoms with E-state index in [0.29, 0.717) is 11.1 Å². The smallest absolute Gasteiger partial charge is 0.339 e. The lowest BCUT2D eigenvalue weighted by Gasteiger charge is -2.04. The van der Waals surface area contributed by atoms with Crippen molar-refractivity contribution in [2.24, 2.45) is 0 Å². The molecule has 0 saturated carbocycles. The van der Waals surface area contributed by atoms with Gasteiger partial charge in [0.1, 0.15) is 6.10 Å². The van der Waals surface area contributed by atoms with Gasteiger partial charge in [0.25, 0.3) is 0 Å². The third kappa shape index (κ3) is 1.66. The van der Waals surface area contributed by atoms with Crippen LogP contribution in [0, 0.1) is 0 Å². The Kier molecular flexibility index (Phi) is 2.56. The molecule has 15 heavy (non-hydrogen) atoms. The first kappa shape index (κ1) is 9.93. The fourth-order valence-electron chi connectivity index (χ4n) is 1.74. The second-order valence-electron chi connectivity index (χ2n) is 3.47. The molecule has 2 rings (SSSR count). The Labute approximate surface area is 88.0 Å². The van der Waals surface area contributed by atoms with Gasteiger partial charge in [0.2, 0.25) is 0 Å². The fourth-order valence-corrected chi connectivity index (χ4v) is 1.74. The maximum absolute atomic E-state index is 11.6. The van der Waals surface area contributed by atoms with Gasteiger partial charge >= 0.3 is 5.97 Å². The lowest BCUT2D eigenvalue weighted by molar-refractivity contribution is -0.137. The molecule has 1 heterocycles. The molecule has 0 radical (unpaired) electrons. The summed E-state index contributed by atoms with van der Waals surface area (Å²) in [5.41, 5.74) is 1.97. The van der Waals surface area contributed by atoms with Crippen LogP contribution in [0.25, 0.3) is 5.57 Å². The highest BCUT2D eigenvalue weighted by atomic mass is 16.5. The minimum Gasteiger partial charge on any atom is -0.454 e. The molecular weight excluding hydrogens is 192 g/mol. The maximum atomic E-state index is 11.6. The number of esters is 1. The molecule has 0 bridgehead atoms. The summed E-state index contributed by atoms with van der Waals surface area (Å²) in [6.07, 6.45) is -0.322. The predicted octanol–water partition coefficient (Wildman–Crippen LogP) is 1.38. The average molecular weight is 204 g/mol. The third-order valence-corrected chi connectivity index (χ3v) is 2.53. The summed E-state index contributed by atoms with van der Waals surface area (Å²) in [5, 5.41) is 9.20. The highest BCUT2D eigenvalue weighted by Gasteiger charge is 2.31. The van der Waals surface area contributed by atoms with Crippen molar-refractivity contribution in [3.63, 3.8) is 0 Å². The van der Waals surface area contributed by atoms with Gasteiger partial charge < -0.3 is 9.84 Å². The number of carbonyl (C=O) groups is 1. The second kappa shape index (κ2) is 3.87. The minimum absolute atomic E-state index is 0.142. The Morgan fingerprint density at radius 3 is 2.60 bits per heavy atom. The van der Waals surface area contributed by atoms with E-state index in [9.17, 15) is 9.90 Å². The predicted molar refractivity (Wildman–Crippen MR) is 56.0 cm³/mol. The molecule has 0 amide bonds. The van der Waals surface area contributed by atoms with Gasteiger partial charge in [0.15, 0.2) is 0 Å². The molecular formula is C12H12O3. The van der Waals surface area contributed by atoms with E-state index in [1.54, 1.807) is 6.92 Å². The monoisotopic (exact) mass is 204 g/mol. The molecule has 0 fully saturated rings. The van der Waals surface area contributed by atoms with Crippen molar-refractivity contribution in [2.45, 2.75) is 13.0 Å². The Morgan fingerprint density at radius 1 is 1.33 bits per heavy atom. The van der Waals surface area contributed by atoms with Crippen molar-refractivity contribution < 1.29 is 14.6 Å². The molecule has 1 aromatic carbocycles. The van der Waals surface area contributed by atoms with E-state index in [1.165, 1.54) is 0 Å². The molecule has 0 spiro atoms. The van der Waals surface area contributed by atoms with Crippen LogP contribution in [0.3, 0.4) is 0 Å². The van der Waals surface area contributed by atoms with E-state index >= 15 is 0 Å². The zero-order valence-electron chi connectivity index (χ0n) is 8.43. The zero-order valence-corrected chi connectivity index (χ0v) is 8.43. The van der Waals surface area contributed by atoms with Crippen molar-refractivity contribution in [2.75, 3.05) is 6.61 Å². The van der Waals surface area contributed by atoms with Crippen LogP contribution in [0.4, 0.5) is 0 Å². The largest absolute Gasteiger partial charge is 0.454 e. The first-order valence-corrected chi connectivity index (χ1v) is 4.84. The van der Waals surface area contributed by atoms with Gasteiger partial charge in [-0.25, -0.2) is 4.79 Å². The molecule has 0 aliphatic carbocycles. The maximum Gasteiger partial charge on any atom is 0.339 e. The number of aliphatic hydroxyl groups excluding tert-OH is 1. The topological polar surface area (TPSA) is 46.5 Å². The van der Waals surface area contributed by atoms with E-state index < -0.39 is 0 Å². The van der Waals surface area contributed by atoms with E-state index in [0.717, 1.165) is 5.56 Å². The molecule has 3 heteroatoms. The summed E-state index contributed by atoms with van der Waals surface area (Å²) >= 11 is 0. The normalized spacial score (nSPS) is 20.7. The van der Waals surface area contributed by atoms with Crippen LogP contribution in [0.5, 0.6) is 0 Å². The highest BCUT2D eigenvalue weighted by molar-refractivity contribution is 6.19. The number of aliphatic hydroxyl groups is 1. The van der Waals surface area contributed by atoms with Gasteiger partial charge in [-0.1, -0.05) is 30.3 Å². The molecule has 1 atom stereocenters. The molecule has 0 saturated heterocycles. The van der Waals surface area contributed by atoms with Crippen LogP contribution in [0.1, 0.15) is 12.5 Å². The van der Waals surface area contributed by atoms with Crippen molar-refractivity contribution in [1.82, 2.24) is 0 Å². The van der Waals surface area contributed by atoms with Crippen LogP contribution in [0.2, 0.25) is 0 Å². The van der Waals surface area contributed by atoms with Crippen molar-refractivity contribution in [3.05, 3.63) is 41.5 Å². The minimum atomic E-state index is -0.349. The van der Waals surface area contributed by atoms with Gasteiger partial charge in [-0.05, 0) is 12.5 Å². The van der Waals surface area contributed by atoms with Gasteiger partial charge in [-0.2, -0.15) is 0 Å². The van der Waals surface area contributed by atoms with E-state index in [-0.39, 0.29) is 18.7 Å². The molecule has 1 aromatic rings. The summed E-state index contributed by atoms with van der Waals surface area (Å²) in [4.78, 5) is 11.6. The Bertz CT molecular complexity index is 406. The lowest BCUT2D eigenvalue weighted by atomic mass is 10.00. The summed E-state index contributed by atoms with van der Waals surface area (Å²) in [6, 6.07) is 9.27. The fraction of sp³-hybridized carbons (Fsp3) is 0.250. The summed E-state index contributed by atoms with van der Waals surface area (Å²) in [5.74, 6) is -0.349. The van der Waals surface area contributed by atoms with Gasteiger partial charge in [0.05, 0.1) is 12.2 Å². The third-order valence-electron chi connectivity index (χ3n) is 2.53. The molecule has 0 aromatic heterocycles. The Morgan fingerprint density at radius 2 is 2.00 bits per heavy atom. The first-order valence-electron chi connectivity index (χ1n) is 4.84. The SMILES string of the molecule is CC1OC(=O)C(c2ccccc2)=C1CO. The van der Waals surface area contributed by atoms with Gasteiger partial charge in [-0.15, -0.1) is 0 Å². The summed E-state index contributed by atoms with van der Waals surface area (Å²) in [6.45, 7) is 1.62. The number of benzene rings is 1. The van der Waals surface area contributed by atoms with Gasteiger partial charge in [-0.3, -0.25) is 0 Å². The number of rotatable bonds is 2. The van der Waals surface area contributed by atoms with E-state index in [2.05, 4.69) is 0 Å². The zero-order chi connectivity index (χ0) is 10.8. The molecule has 1 N–H and O–H groups in total. The lowest BCUT2D eigenvalue weighted by Crippen LogP contribution is -2.07. The number of hydrogen-bond acceptors (Lipinski definition) is 3. The summed E-state index contributed by atoms with van der Waals surface area (Å²) < 4.78 is 5.06. The number of cyclic esters (lactones) is 1. The molecule has 3 nitrogen and oxygen atoms in total. The number of ether oxygens (including phenoxy) is 1. The molecule has 78 valence electrons. The van der Waals surface area contributed by atoms with Crippen LogP contribution < -0.4 is 0 Å². The number of hydrogen-bond donors (Lipinski definition) is 1. The molecule has 1 aliphatic heterocycles. The average Bonchev–Trinajstić information content (AvgIpc) is 2.54. The van der Waals surface area contributed by atoms with E-state index in [1.807, 2.05) is 30.3 Å². The number of carbonyl (C=O) groups excluding carboxylic acids is 1. The van der Waals surface area contributed by atoms with Gasteiger partial charge in [0, 0.05) is 5.57 Å². The second-order valence-corrected chi connectivity index (χ2v) is 3.47. The van der Waals surface area contributed by atoms with Crippen molar-refractivity contribution in [1.29, 1.82) is 0 Å². The van der Waals surface area contributed by atoms with Crippen molar-refractivity contribution in [3.8, 4) is 0 Å². The van der Waals surface area contributed by atoms with Crippen LogP contribution in [-0.4, -0.2) is 23.8 Å². The van der Waals surface area contributed by atoms with Crippen molar-refractivity contribution >= 4 is 11.5 Å². The Hall–Kier alpha value is -1.61. The van der Waals surface area contributed by atoms with E-state index in [4.69, 9.17) is 4.74 Å². The molecule has 1 unspecified atom stereocenters. The quantitative estimate of drug-likeness (QED) is 0.740. The summed E-state index contributed by atoms with van der Waals surface area (Å²) in [7, 11) is 0. The Balaban J connectivity index is 2.50. The first-order chi connectivity index (χ1) is 7.24. The van der Waals surface area contributed by atoms with Crippen LogP contribution in [-0.2, 0) is 9.53 Å². The van der Waals surface area contributed by atoms with Crippen LogP contribution in [0.15, 0.2) is 35.9 Å². The standard InChI is InChI=1S/C12H12O3/c1-8-10(7-13)11(12(14)15-8)9-5-3-2-4-6-9/h2-6,8,13H,7H2,1H3. The van der Waals surface area contributed by atoms with Crippen LogP contribution >= 0.6 is 0 Å². The molecule has 1 aliphatic rings. The highest BCUT2D eigenvalue weighted by Crippen LogP contribution is 2.29.